The minimum absolute atomic E-state index is 0.510. The van der Waals surface area contributed by atoms with Crippen LogP contribution in [0.5, 0.6) is 0 Å². The molecule has 1 aromatic heterocycles. The average Bonchev–Trinajstić information content (AvgIpc) is 2.47. The van der Waals surface area contributed by atoms with Crippen LogP contribution in [0.4, 0.5) is 5.69 Å². The van der Waals surface area contributed by atoms with E-state index in [2.05, 4.69) is 35.6 Å². The summed E-state index contributed by atoms with van der Waals surface area (Å²) in [6.45, 7) is 8.38. The summed E-state index contributed by atoms with van der Waals surface area (Å²) in [5.41, 5.74) is 5.43. The molecule has 0 saturated heterocycles. The minimum atomic E-state index is 0.510. The van der Waals surface area contributed by atoms with E-state index in [0.717, 1.165) is 34.1 Å². The van der Waals surface area contributed by atoms with E-state index in [1.54, 1.807) is 0 Å². The Kier molecular flexibility index (Phi) is 3.23. The van der Waals surface area contributed by atoms with Gasteiger partial charge in [0.25, 0.3) is 0 Å². The second-order valence-corrected chi connectivity index (χ2v) is 5.23. The number of hydrogen-bond acceptors (Lipinski definition) is 2. The average molecular weight is 262 g/mol. The van der Waals surface area contributed by atoms with Crippen molar-refractivity contribution in [2.75, 3.05) is 0 Å². The van der Waals surface area contributed by atoms with E-state index < -0.39 is 0 Å². The van der Waals surface area contributed by atoms with E-state index in [-0.39, 0.29) is 0 Å². The summed E-state index contributed by atoms with van der Waals surface area (Å²) >= 11 is 0. The molecule has 100 valence electrons. The summed E-state index contributed by atoms with van der Waals surface area (Å²) in [7, 11) is 0. The van der Waals surface area contributed by atoms with Gasteiger partial charge in [-0.25, -0.2) is 0 Å². The van der Waals surface area contributed by atoms with Crippen molar-refractivity contribution in [3.63, 3.8) is 0 Å². The first-order valence-electron chi connectivity index (χ1n) is 6.98. The number of aromatic nitrogens is 1. The van der Waals surface area contributed by atoms with Gasteiger partial charge in [-0.2, -0.15) is 0 Å². The number of benzene rings is 1. The van der Waals surface area contributed by atoms with Gasteiger partial charge >= 0.3 is 0 Å². The third-order valence-corrected chi connectivity index (χ3v) is 3.84. The lowest BCUT2D eigenvalue weighted by Crippen LogP contribution is -2.01. The fourth-order valence-electron chi connectivity index (χ4n) is 2.75. The molecule has 2 heterocycles. The van der Waals surface area contributed by atoms with Crippen LogP contribution in [0.25, 0.3) is 16.5 Å². The molecule has 0 fully saturated rings. The van der Waals surface area contributed by atoms with Gasteiger partial charge in [0.2, 0.25) is 0 Å². The fourth-order valence-corrected chi connectivity index (χ4v) is 2.75. The molecule has 0 bridgehead atoms. The van der Waals surface area contributed by atoms with Crippen molar-refractivity contribution < 1.29 is 0 Å². The third-order valence-electron chi connectivity index (χ3n) is 3.84. The Morgan fingerprint density at radius 2 is 2.20 bits per heavy atom. The fraction of sp³-hybridized carbons (Fsp3) is 0.222. The van der Waals surface area contributed by atoms with Gasteiger partial charge in [-0.1, -0.05) is 37.8 Å². The second-order valence-electron chi connectivity index (χ2n) is 5.23. The number of pyridine rings is 1. The normalized spacial score (nSPS) is 17.6. The zero-order chi connectivity index (χ0) is 14.1. The molecule has 1 aliphatic heterocycles. The van der Waals surface area contributed by atoms with E-state index in [0.29, 0.717) is 5.92 Å². The highest BCUT2D eigenvalue weighted by Crippen LogP contribution is 2.38. The van der Waals surface area contributed by atoms with Gasteiger partial charge in [0.1, 0.15) is 0 Å². The standard InChI is InChI=1S/C18H18N2/c1-4-5-12(2)14-9-11-20-18-16(14)7-6-15-13(3)8-10-19-17(15)18/h4-7,9-11,13H,2,8H2,1,3H3/b5-4-/t13-/m0/s1. The monoisotopic (exact) mass is 262 g/mol. The van der Waals surface area contributed by atoms with Gasteiger partial charge < -0.3 is 0 Å². The lowest BCUT2D eigenvalue weighted by molar-refractivity contribution is 0.803. The number of allylic oxidation sites excluding steroid dienone is 3. The highest BCUT2D eigenvalue weighted by Gasteiger charge is 2.17. The second kappa shape index (κ2) is 5.04. The Bertz CT molecular complexity index is 738. The van der Waals surface area contributed by atoms with E-state index in [4.69, 9.17) is 0 Å². The van der Waals surface area contributed by atoms with Gasteiger partial charge in [0.15, 0.2) is 0 Å². The van der Waals surface area contributed by atoms with Crippen molar-refractivity contribution >= 4 is 28.4 Å². The Labute approximate surface area is 119 Å². The predicted molar refractivity (Wildman–Crippen MR) is 86.8 cm³/mol. The van der Waals surface area contributed by atoms with Crippen molar-refractivity contribution in [3.8, 4) is 0 Å². The number of rotatable bonds is 2. The van der Waals surface area contributed by atoms with E-state index in [9.17, 15) is 0 Å². The maximum Gasteiger partial charge on any atom is 0.0967 e. The van der Waals surface area contributed by atoms with Crippen molar-refractivity contribution in [3.05, 3.63) is 54.3 Å². The molecule has 2 heteroatoms. The molecule has 0 N–H and O–H groups in total. The van der Waals surface area contributed by atoms with E-state index in [1.807, 2.05) is 37.6 Å². The molecule has 0 amide bonds. The predicted octanol–water partition coefficient (Wildman–Crippen LogP) is 5.03. The molecule has 0 aliphatic carbocycles. The summed E-state index contributed by atoms with van der Waals surface area (Å²) in [4.78, 5) is 9.14. The molecule has 0 spiro atoms. The first-order chi connectivity index (χ1) is 9.72. The molecule has 20 heavy (non-hydrogen) atoms. The van der Waals surface area contributed by atoms with Crippen LogP contribution in [0.2, 0.25) is 0 Å². The Morgan fingerprint density at radius 1 is 1.35 bits per heavy atom. The Morgan fingerprint density at radius 3 is 3.00 bits per heavy atom. The highest BCUT2D eigenvalue weighted by atomic mass is 14.8. The van der Waals surface area contributed by atoms with Crippen LogP contribution in [0.1, 0.15) is 37.3 Å². The van der Waals surface area contributed by atoms with Crippen molar-refractivity contribution in [1.82, 2.24) is 4.98 Å². The quantitative estimate of drug-likeness (QED) is 0.696. The number of hydrogen-bond donors (Lipinski definition) is 0. The van der Waals surface area contributed by atoms with Crippen LogP contribution in [0.15, 0.2) is 48.1 Å². The van der Waals surface area contributed by atoms with Crippen LogP contribution >= 0.6 is 0 Å². The SMILES string of the molecule is C=C(/C=C\C)c1ccnc2c3c(ccc12)[C@@H](C)CC=N3. The van der Waals surface area contributed by atoms with Gasteiger partial charge in [-0.15, -0.1) is 0 Å². The van der Waals surface area contributed by atoms with Gasteiger partial charge in [0, 0.05) is 17.8 Å². The molecule has 0 radical (unpaired) electrons. The van der Waals surface area contributed by atoms with Crippen LogP contribution in [0, 0.1) is 0 Å². The summed E-state index contributed by atoms with van der Waals surface area (Å²) < 4.78 is 0. The summed E-state index contributed by atoms with van der Waals surface area (Å²) in [6.07, 6.45) is 8.89. The molecule has 1 atom stereocenters. The number of fused-ring (bicyclic) bond motifs is 3. The van der Waals surface area contributed by atoms with Gasteiger partial charge in [-0.3, -0.25) is 9.98 Å². The molecule has 1 aromatic carbocycles. The summed E-state index contributed by atoms with van der Waals surface area (Å²) in [5.74, 6) is 0.510. The molecular formula is C18H18N2. The Balaban J connectivity index is 2.29. The molecule has 1 aliphatic rings. The zero-order valence-corrected chi connectivity index (χ0v) is 11.9. The topological polar surface area (TPSA) is 25.2 Å². The largest absolute Gasteiger partial charge is 0.259 e. The van der Waals surface area contributed by atoms with Gasteiger partial charge in [0.05, 0.1) is 11.2 Å². The smallest absolute Gasteiger partial charge is 0.0967 e. The van der Waals surface area contributed by atoms with Crippen molar-refractivity contribution in [1.29, 1.82) is 0 Å². The maximum absolute atomic E-state index is 4.58. The van der Waals surface area contributed by atoms with Crippen molar-refractivity contribution in [2.24, 2.45) is 4.99 Å². The van der Waals surface area contributed by atoms with E-state index in [1.165, 1.54) is 5.56 Å². The molecule has 0 saturated carbocycles. The third kappa shape index (κ3) is 1.97. The summed E-state index contributed by atoms with van der Waals surface area (Å²) in [6, 6.07) is 6.36. The Hall–Kier alpha value is -2.22. The minimum Gasteiger partial charge on any atom is -0.259 e. The first kappa shape index (κ1) is 12.8. The lowest BCUT2D eigenvalue weighted by atomic mass is 9.91. The molecule has 0 unspecified atom stereocenters. The number of aliphatic imine (C=N–C) groups is 1. The molecular weight excluding hydrogens is 244 g/mol. The van der Waals surface area contributed by atoms with Crippen LogP contribution in [-0.4, -0.2) is 11.2 Å². The zero-order valence-electron chi connectivity index (χ0n) is 11.9. The summed E-state index contributed by atoms with van der Waals surface area (Å²) in [5, 5.41) is 1.13. The van der Waals surface area contributed by atoms with E-state index >= 15 is 0 Å². The van der Waals surface area contributed by atoms with Crippen LogP contribution in [0.3, 0.4) is 0 Å². The molecule has 2 aromatic rings. The first-order valence-corrected chi connectivity index (χ1v) is 6.98. The van der Waals surface area contributed by atoms with Crippen LogP contribution in [-0.2, 0) is 0 Å². The van der Waals surface area contributed by atoms with Crippen molar-refractivity contribution in [2.45, 2.75) is 26.2 Å². The molecule has 3 rings (SSSR count). The number of nitrogens with zero attached hydrogens (tertiary/aromatic N) is 2. The highest BCUT2D eigenvalue weighted by molar-refractivity contribution is 6.00. The van der Waals surface area contributed by atoms with Gasteiger partial charge in [-0.05, 0) is 42.0 Å². The molecule has 2 nitrogen and oxygen atoms in total. The lowest BCUT2D eigenvalue weighted by Gasteiger charge is -2.19. The van der Waals surface area contributed by atoms with Crippen LogP contribution < -0.4 is 0 Å². The maximum atomic E-state index is 4.58.